The molecule has 3 heterocycles. The van der Waals surface area contributed by atoms with E-state index in [4.69, 9.17) is 0 Å². The van der Waals surface area contributed by atoms with E-state index in [0.29, 0.717) is 6.54 Å². The summed E-state index contributed by atoms with van der Waals surface area (Å²) >= 11 is 1.75. The second kappa shape index (κ2) is 6.46. The molecular formula is C16H24N2O2S. The Morgan fingerprint density at radius 3 is 3.00 bits per heavy atom. The first kappa shape index (κ1) is 15.0. The van der Waals surface area contributed by atoms with Gasteiger partial charge < -0.3 is 10.0 Å². The summed E-state index contributed by atoms with van der Waals surface area (Å²) in [7, 11) is 0. The molecule has 0 spiro atoms. The summed E-state index contributed by atoms with van der Waals surface area (Å²) in [5.41, 5.74) is 0. The van der Waals surface area contributed by atoms with E-state index in [-0.39, 0.29) is 24.0 Å². The molecule has 4 nitrogen and oxygen atoms in total. The van der Waals surface area contributed by atoms with Crippen molar-refractivity contribution in [2.75, 3.05) is 26.2 Å². The van der Waals surface area contributed by atoms with Crippen LogP contribution >= 0.6 is 11.3 Å². The maximum atomic E-state index is 12.6. The second-order valence-electron chi connectivity index (χ2n) is 6.33. The number of aliphatic hydroxyl groups is 1. The lowest BCUT2D eigenvalue weighted by Gasteiger charge is -2.35. The number of hydrogen-bond acceptors (Lipinski definition) is 4. The largest absolute Gasteiger partial charge is 0.393 e. The predicted octanol–water partition coefficient (Wildman–Crippen LogP) is 2.11. The zero-order valence-electron chi connectivity index (χ0n) is 12.6. The van der Waals surface area contributed by atoms with Crippen molar-refractivity contribution in [3.63, 3.8) is 0 Å². The van der Waals surface area contributed by atoms with Crippen LogP contribution in [0.2, 0.25) is 0 Å². The van der Waals surface area contributed by atoms with Gasteiger partial charge in [-0.1, -0.05) is 13.0 Å². The number of piperidine rings is 1. The van der Waals surface area contributed by atoms with E-state index in [1.165, 1.54) is 4.88 Å². The van der Waals surface area contributed by atoms with Gasteiger partial charge in [-0.15, -0.1) is 11.3 Å². The van der Waals surface area contributed by atoms with Crippen LogP contribution in [0.15, 0.2) is 17.5 Å². The average molecular weight is 308 g/mol. The summed E-state index contributed by atoms with van der Waals surface area (Å²) in [6.07, 6.45) is 2.76. The number of carbonyl (C=O) groups is 1. The molecule has 3 unspecified atom stereocenters. The minimum Gasteiger partial charge on any atom is -0.393 e. The number of likely N-dealkylation sites (tertiary alicyclic amines) is 2. The van der Waals surface area contributed by atoms with Crippen LogP contribution in [0.5, 0.6) is 0 Å². The van der Waals surface area contributed by atoms with Gasteiger partial charge in [-0.05, 0) is 36.6 Å². The van der Waals surface area contributed by atoms with Crippen LogP contribution in [0.4, 0.5) is 0 Å². The number of aliphatic hydroxyl groups excluding tert-OH is 1. The van der Waals surface area contributed by atoms with Crippen molar-refractivity contribution in [2.45, 2.75) is 38.3 Å². The first-order valence-corrected chi connectivity index (χ1v) is 8.76. The van der Waals surface area contributed by atoms with Gasteiger partial charge in [-0.25, -0.2) is 0 Å². The molecule has 0 bridgehead atoms. The zero-order valence-corrected chi connectivity index (χ0v) is 13.4. The third-order valence-corrected chi connectivity index (χ3v) is 5.72. The van der Waals surface area contributed by atoms with Crippen LogP contribution in [0.1, 0.15) is 37.1 Å². The van der Waals surface area contributed by atoms with Crippen LogP contribution in [0.3, 0.4) is 0 Å². The number of rotatable bonds is 3. The molecule has 3 rings (SSSR count). The molecule has 2 fully saturated rings. The van der Waals surface area contributed by atoms with E-state index >= 15 is 0 Å². The molecule has 2 aliphatic rings. The molecule has 5 heteroatoms. The first-order chi connectivity index (χ1) is 10.1. The van der Waals surface area contributed by atoms with E-state index in [0.717, 1.165) is 38.9 Å². The highest BCUT2D eigenvalue weighted by Crippen LogP contribution is 2.34. The normalized spacial score (nSPS) is 30.8. The van der Waals surface area contributed by atoms with Crippen LogP contribution in [-0.2, 0) is 4.79 Å². The van der Waals surface area contributed by atoms with Gasteiger partial charge in [0, 0.05) is 24.5 Å². The Bertz CT molecular complexity index is 477. The summed E-state index contributed by atoms with van der Waals surface area (Å²) in [4.78, 5) is 18.2. The lowest BCUT2D eigenvalue weighted by molar-refractivity contribution is -0.134. The third-order valence-electron chi connectivity index (χ3n) is 4.75. The van der Waals surface area contributed by atoms with Gasteiger partial charge in [0.2, 0.25) is 5.91 Å². The van der Waals surface area contributed by atoms with E-state index < -0.39 is 0 Å². The van der Waals surface area contributed by atoms with Gasteiger partial charge in [-0.2, -0.15) is 0 Å². The van der Waals surface area contributed by atoms with E-state index in [2.05, 4.69) is 34.2 Å². The molecular weight excluding hydrogens is 284 g/mol. The maximum Gasteiger partial charge on any atom is 0.237 e. The fourth-order valence-corrected chi connectivity index (χ4v) is 4.36. The molecule has 1 aromatic rings. The van der Waals surface area contributed by atoms with Crippen LogP contribution < -0.4 is 0 Å². The van der Waals surface area contributed by atoms with Crippen LogP contribution in [0, 0.1) is 5.92 Å². The van der Waals surface area contributed by atoms with Crippen molar-refractivity contribution >= 4 is 17.2 Å². The monoisotopic (exact) mass is 308 g/mol. The molecule has 1 N–H and O–H groups in total. The summed E-state index contributed by atoms with van der Waals surface area (Å²) < 4.78 is 0. The van der Waals surface area contributed by atoms with E-state index in [1.54, 1.807) is 11.3 Å². The molecule has 21 heavy (non-hydrogen) atoms. The molecule has 0 saturated carbocycles. The highest BCUT2D eigenvalue weighted by molar-refractivity contribution is 7.10. The van der Waals surface area contributed by atoms with Gasteiger partial charge in [0.1, 0.15) is 0 Å². The number of thiophene rings is 1. The van der Waals surface area contributed by atoms with Gasteiger partial charge in [0.15, 0.2) is 0 Å². The lowest BCUT2D eigenvalue weighted by Crippen LogP contribution is -2.47. The minimum atomic E-state index is -0.206. The second-order valence-corrected chi connectivity index (χ2v) is 7.31. The van der Waals surface area contributed by atoms with E-state index in [1.807, 2.05) is 0 Å². The lowest BCUT2D eigenvalue weighted by atomic mass is 9.97. The highest BCUT2D eigenvalue weighted by Gasteiger charge is 2.32. The average Bonchev–Trinajstić information content (AvgIpc) is 3.12. The highest BCUT2D eigenvalue weighted by atomic mass is 32.1. The SMILES string of the molecule is CC1CN(CC(=O)N2CCCC2c2cccs2)CCC1O. The van der Waals surface area contributed by atoms with Gasteiger partial charge >= 0.3 is 0 Å². The number of amides is 1. The van der Waals surface area contributed by atoms with Crippen molar-refractivity contribution in [1.82, 2.24) is 9.80 Å². The number of nitrogens with zero attached hydrogens (tertiary/aromatic N) is 2. The summed E-state index contributed by atoms with van der Waals surface area (Å²) in [6, 6.07) is 4.49. The standard InChI is InChI=1S/C16H24N2O2S/c1-12-10-17(8-6-14(12)19)11-16(20)18-7-2-4-13(18)15-5-3-9-21-15/h3,5,9,12-14,19H,2,4,6-8,10-11H2,1H3. The number of carbonyl (C=O) groups excluding carboxylic acids is 1. The Labute approximate surface area is 130 Å². The smallest absolute Gasteiger partial charge is 0.237 e. The molecule has 1 amide bonds. The van der Waals surface area contributed by atoms with Gasteiger partial charge in [0.05, 0.1) is 18.7 Å². The molecule has 1 aromatic heterocycles. The van der Waals surface area contributed by atoms with Crippen molar-refractivity contribution in [3.8, 4) is 0 Å². The Morgan fingerprint density at radius 2 is 2.29 bits per heavy atom. The van der Waals surface area contributed by atoms with Crippen molar-refractivity contribution in [2.24, 2.45) is 5.92 Å². The van der Waals surface area contributed by atoms with Crippen LogP contribution in [0.25, 0.3) is 0 Å². The summed E-state index contributed by atoms with van der Waals surface area (Å²) in [5, 5.41) is 11.9. The maximum absolute atomic E-state index is 12.6. The Morgan fingerprint density at radius 1 is 1.43 bits per heavy atom. The molecule has 3 atom stereocenters. The predicted molar refractivity (Wildman–Crippen MR) is 84.2 cm³/mol. The topological polar surface area (TPSA) is 43.8 Å². The fourth-order valence-electron chi connectivity index (χ4n) is 3.49. The molecule has 2 saturated heterocycles. The van der Waals surface area contributed by atoms with Crippen molar-refractivity contribution in [3.05, 3.63) is 22.4 Å². The minimum absolute atomic E-state index is 0.206. The van der Waals surface area contributed by atoms with Crippen molar-refractivity contribution < 1.29 is 9.90 Å². The Hall–Kier alpha value is -0.910. The molecule has 0 aliphatic carbocycles. The zero-order chi connectivity index (χ0) is 14.8. The summed E-state index contributed by atoms with van der Waals surface area (Å²) in [6.45, 7) is 5.09. The molecule has 116 valence electrons. The fraction of sp³-hybridized carbons (Fsp3) is 0.688. The molecule has 0 aromatic carbocycles. The third kappa shape index (κ3) is 3.30. The van der Waals surface area contributed by atoms with Gasteiger partial charge in [0.25, 0.3) is 0 Å². The van der Waals surface area contributed by atoms with E-state index in [9.17, 15) is 9.90 Å². The van der Waals surface area contributed by atoms with Crippen LogP contribution in [-0.4, -0.2) is 53.1 Å². The first-order valence-electron chi connectivity index (χ1n) is 7.88. The Kier molecular flexibility index (Phi) is 4.62. The van der Waals surface area contributed by atoms with Crippen molar-refractivity contribution in [1.29, 1.82) is 0 Å². The Balaban J connectivity index is 1.60. The quantitative estimate of drug-likeness (QED) is 0.930. The molecule has 0 radical (unpaired) electrons. The summed E-state index contributed by atoms with van der Waals surface area (Å²) in [5.74, 6) is 0.507. The number of hydrogen-bond donors (Lipinski definition) is 1. The molecule has 2 aliphatic heterocycles. The van der Waals surface area contributed by atoms with Gasteiger partial charge in [-0.3, -0.25) is 9.69 Å².